The molecule has 0 unspecified atom stereocenters. The van der Waals surface area contributed by atoms with E-state index in [4.69, 9.17) is 0 Å². The monoisotopic (exact) mass is 360 g/mol. The standard InChI is InChI=1S/C22H24N4O/c1-17-4-2-6-20(14-17)22(27)25-11-7-19(8-12-25)21-24-10-13-26(21)16-18-5-3-9-23-15-18/h2-6,9-10,13-15,19H,7-8,11-12,16H2,1H3. The predicted molar refractivity (Wildman–Crippen MR) is 105 cm³/mol. The molecular formula is C22H24N4O. The molecule has 1 aliphatic heterocycles. The van der Waals surface area contributed by atoms with E-state index in [1.165, 1.54) is 5.56 Å². The highest BCUT2D eigenvalue weighted by molar-refractivity contribution is 5.94. The van der Waals surface area contributed by atoms with Gasteiger partial charge in [0.05, 0.1) is 6.54 Å². The maximum atomic E-state index is 12.8. The van der Waals surface area contributed by atoms with Gasteiger partial charge in [0.15, 0.2) is 0 Å². The molecule has 0 radical (unpaired) electrons. The van der Waals surface area contributed by atoms with Crippen molar-refractivity contribution in [3.8, 4) is 0 Å². The number of carbonyl (C=O) groups excluding carboxylic acids is 1. The van der Waals surface area contributed by atoms with E-state index in [-0.39, 0.29) is 5.91 Å². The number of benzene rings is 1. The Morgan fingerprint density at radius 2 is 2.00 bits per heavy atom. The Balaban J connectivity index is 1.41. The number of pyridine rings is 1. The molecule has 1 saturated heterocycles. The predicted octanol–water partition coefficient (Wildman–Crippen LogP) is 3.65. The molecule has 0 atom stereocenters. The minimum atomic E-state index is 0.135. The molecule has 0 saturated carbocycles. The summed E-state index contributed by atoms with van der Waals surface area (Å²) in [6.45, 7) is 4.35. The largest absolute Gasteiger partial charge is 0.339 e. The van der Waals surface area contributed by atoms with Crippen LogP contribution in [0.15, 0.2) is 61.2 Å². The van der Waals surface area contributed by atoms with Crippen LogP contribution < -0.4 is 0 Å². The molecule has 1 aliphatic rings. The molecule has 3 aromatic rings. The average Bonchev–Trinajstić information content (AvgIpc) is 3.16. The molecule has 0 spiro atoms. The molecule has 1 fully saturated rings. The molecule has 1 amide bonds. The third-order valence-corrected chi connectivity index (χ3v) is 5.24. The lowest BCUT2D eigenvalue weighted by Gasteiger charge is -2.32. The second-order valence-corrected chi connectivity index (χ2v) is 7.21. The summed E-state index contributed by atoms with van der Waals surface area (Å²) in [6, 6.07) is 11.9. The first-order valence-corrected chi connectivity index (χ1v) is 9.46. The zero-order valence-corrected chi connectivity index (χ0v) is 15.6. The van der Waals surface area contributed by atoms with Gasteiger partial charge < -0.3 is 9.47 Å². The van der Waals surface area contributed by atoms with E-state index in [0.717, 1.165) is 49.4 Å². The molecule has 2 aromatic heterocycles. The Morgan fingerprint density at radius 1 is 1.15 bits per heavy atom. The molecule has 5 heteroatoms. The molecule has 27 heavy (non-hydrogen) atoms. The zero-order chi connectivity index (χ0) is 18.6. The van der Waals surface area contributed by atoms with Crippen molar-refractivity contribution in [3.05, 3.63) is 83.7 Å². The summed E-state index contributed by atoms with van der Waals surface area (Å²) < 4.78 is 2.21. The van der Waals surface area contributed by atoms with Crippen LogP contribution in [0, 0.1) is 6.92 Å². The van der Waals surface area contributed by atoms with Crippen LogP contribution in [-0.4, -0.2) is 38.4 Å². The van der Waals surface area contributed by atoms with Gasteiger partial charge in [0.25, 0.3) is 5.91 Å². The lowest BCUT2D eigenvalue weighted by molar-refractivity contribution is 0.0710. The first-order valence-electron chi connectivity index (χ1n) is 9.46. The van der Waals surface area contributed by atoms with E-state index in [1.807, 2.05) is 60.7 Å². The van der Waals surface area contributed by atoms with Gasteiger partial charge in [-0.3, -0.25) is 9.78 Å². The van der Waals surface area contributed by atoms with Crippen LogP contribution in [0.3, 0.4) is 0 Å². The first-order chi connectivity index (χ1) is 13.2. The van der Waals surface area contributed by atoms with Crippen molar-refractivity contribution in [1.82, 2.24) is 19.4 Å². The highest BCUT2D eigenvalue weighted by atomic mass is 16.2. The van der Waals surface area contributed by atoms with Crippen LogP contribution in [0.1, 0.15) is 46.1 Å². The normalized spacial score (nSPS) is 15.1. The van der Waals surface area contributed by atoms with Crippen molar-refractivity contribution in [2.24, 2.45) is 0 Å². The SMILES string of the molecule is Cc1cccc(C(=O)N2CCC(c3nccn3Cc3cccnc3)CC2)c1. The van der Waals surface area contributed by atoms with Crippen LogP contribution >= 0.6 is 0 Å². The van der Waals surface area contributed by atoms with Crippen molar-refractivity contribution in [2.75, 3.05) is 13.1 Å². The molecule has 3 heterocycles. The minimum Gasteiger partial charge on any atom is -0.339 e. The Kier molecular flexibility index (Phi) is 5.01. The summed E-state index contributed by atoms with van der Waals surface area (Å²) in [4.78, 5) is 23.5. The van der Waals surface area contributed by atoms with Crippen molar-refractivity contribution in [3.63, 3.8) is 0 Å². The number of hydrogen-bond acceptors (Lipinski definition) is 3. The van der Waals surface area contributed by atoms with E-state index in [9.17, 15) is 4.79 Å². The molecule has 0 bridgehead atoms. The fourth-order valence-electron chi connectivity index (χ4n) is 3.80. The van der Waals surface area contributed by atoms with E-state index in [0.29, 0.717) is 5.92 Å². The molecule has 1 aromatic carbocycles. The minimum absolute atomic E-state index is 0.135. The van der Waals surface area contributed by atoms with E-state index in [1.54, 1.807) is 6.20 Å². The number of rotatable bonds is 4. The number of nitrogens with zero attached hydrogens (tertiary/aromatic N) is 4. The van der Waals surface area contributed by atoms with Gasteiger partial charge in [0, 0.05) is 49.4 Å². The van der Waals surface area contributed by atoms with E-state index >= 15 is 0 Å². The number of aryl methyl sites for hydroxylation is 1. The summed E-state index contributed by atoms with van der Waals surface area (Å²) in [6.07, 6.45) is 9.48. The lowest BCUT2D eigenvalue weighted by atomic mass is 9.95. The number of likely N-dealkylation sites (tertiary alicyclic amines) is 1. The highest BCUT2D eigenvalue weighted by Crippen LogP contribution is 2.28. The van der Waals surface area contributed by atoms with Gasteiger partial charge in [-0.2, -0.15) is 0 Å². The third-order valence-electron chi connectivity index (χ3n) is 5.24. The van der Waals surface area contributed by atoms with Crippen LogP contribution in [0.4, 0.5) is 0 Å². The fraction of sp³-hybridized carbons (Fsp3) is 0.318. The van der Waals surface area contributed by atoms with Gasteiger partial charge in [-0.1, -0.05) is 23.8 Å². The second-order valence-electron chi connectivity index (χ2n) is 7.21. The van der Waals surface area contributed by atoms with Crippen molar-refractivity contribution < 1.29 is 4.79 Å². The number of aromatic nitrogens is 3. The zero-order valence-electron chi connectivity index (χ0n) is 15.6. The number of carbonyl (C=O) groups is 1. The maximum Gasteiger partial charge on any atom is 0.253 e. The van der Waals surface area contributed by atoms with Crippen molar-refractivity contribution >= 4 is 5.91 Å². The van der Waals surface area contributed by atoms with Crippen molar-refractivity contribution in [1.29, 1.82) is 0 Å². The Labute approximate surface area is 159 Å². The summed E-state index contributed by atoms with van der Waals surface area (Å²) in [5.41, 5.74) is 3.07. The number of imidazole rings is 1. The topological polar surface area (TPSA) is 51.0 Å². The molecule has 138 valence electrons. The second kappa shape index (κ2) is 7.74. The summed E-state index contributed by atoms with van der Waals surface area (Å²) in [5, 5.41) is 0. The molecular weight excluding hydrogens is 336 g/mol. The van der Waals surface area contributed by atoms with Gasteiger partial charge >= 0.3 is 0 Å². The molecule has 4 rings (SSSR count). The Hall–Kier alpha value is -2.95. The molecule has 0 N–H and O–H groups in total. The number of hydrogen-bond donors (Lipinski definition) is 0. The van der Waals surface area contributed by atoms with Gasteiger partial charge in [-0.25, -0.2) is 4.98 Å². The van der Waals surface area contributed by atoms with Crippen LogP contribution in [0.5, 0.6) is 0 Å². The van der Waals surface area contributed by atoms with Crippen molar-refractivity contribution in [2.45, 2.75) is 32.2 Å². The number of amides is 1. The van der Waals surface area contributed by atoms with Crippen LogP contribution in [0.25, 0.3) is 0 Å². The average molecular weight is 360 g/mol. The van der Waals surface area contributed by atoms with Gasteiger partial charge in [0.1, 0.15) is 5.82 Å². The Bertz CT molecular complexity index is 911. The van der Waals surface area contributed by atoms with Gasteiger partial charge in [0.2, 0.25) is 0 Å². The van der Waals surface area contributed by atoms with E-state index < -0.39 is 0 Å². The van der Waals surface area contributed by atoms with Gasteiger partial charge in [-0.15, -0.1) is 0 Å². The molecule has 0 aliphatic carbocycles. The maximum absolute atomic E-state index is 12.8. The van der Waals surface area contributed by atoms with Crippen LogP contribution in [-0.2, 0) is 6.54 Å². The smallest absolute Gasteiger partial charge is 0.253 e. The fourth-order valence-corrected chi connectivity index (χ4v) is 3.80. The summed E-state index contributed by atoms with van der Waals surface area (Å²) in [7, 11) is 0. The van der Waals surface area contributed by atoms with E-state index in [2.05, 4.69) is 20.6 Å². The van der Waals surface area contributed by atoms with Crippen LogP contribution in [0.2, 0.25) is 0 Å². The van der Waals surface area contributed by atoms with Gasteiger partial charge in [-0.05, 0) is 43.5 Å². The third kappa shape index (κ3) is 3.92. The highest BCUT2D eigenvalue weighted by Gasteiger charge is 2.27. The first kappa shape index (κ1) is 17.5. The summed E-state index contributed by atoms with van der Waals surface area (Å²) >= 11 is 0. The summed E-state index contributed by atoms with van der Waals surface area (Å²) in [5.74, 6) is 1.63. The quantitative estimate of drug-likeness (QED) is 0.713. The Morgan fingerprint density at radius 3 is 2.74 bits per heavy atom. The number of piperidine rings is 1. The molecule has 5 nitrogen and oxygen atoms in total. The lowest BCUT2D eigenvalue weighted by Crippen LogP contribution is -2.38.